The Kier molecular flexibility index (Phi) is 6.63. The molecule has 1 fully saturated rings. The minimum absolute atomic E-state index is 0.0575. The lowest BCUT2D eigenvalue weighted by atomic mass is 10.1. The molecule has 0 spiro atoms. The van der Waals surface area contributed by atoms with E-state index in [9.17, 15) is 9.59 Å². The fourth-order valence-electron chi connectivity index (χ4n) is 2.91. The van der Waals surface area contributed by atoms with Crippen LogP contribution in [0.5, 0.6) is 0 Å². The topological polar surface area (TPSA) is 61.4 Å². The van der Waals surface area contributed by atoms with Crippen molar-refractivity contribution in [3.8, 4) is 0 Å². The van der Waals surface area contributed by atoms with Gasteiger partial charge in [-0.2, -0.15) is 11.8 Å². The molecule has 2 N–H and O–H groups in total. The zero-order chi connectivity index (χ0) is 19.2. The zero-order valence-corrected chi connectivity index (χ0v) is 16.7. The molecule has 1 heterocycles. The van der Waals surface area contributed by atoms with Crippen LogP contribution in [0.15, 0.2) is 42.5 Å². The van der Waals surface area contributed by atoms with E-state index in [2.05, 4.69) is 10.6 Å². The number of nitrogens with one attached hydrogen (secondary N) is 2. The number of amides is 2. The molecule has 3 rings (SSSR count). The van der Waals surface area contributed by atoms with Crippen molar-refractivity contribution in [1.82, 2.24) is 4.90 Å². The number of carbonyl (C=O) groups is 2. The Bertz CT molecular complexity index is 820. The number of hydrogen-bond acceptors (Lipinski definition) is 4. The maximum atomic E-state index is 12.8. The van der Waals surface area contributed by atoms with Crippen LogP contribution in [0.1, 0.15) is 15.9 Å². The SMILES string of the molecule is Cc1c(NCC(=O)Nc2ccc(Cl)cc2)cccc1C(=O)N1CCSCC1. The Morgan fingerprint density at radius 1 is 1.11 bits per heavy atom. The second-order valence-electron chi connectivity index (χ2n) is 6.29. The van der Waals surface area contributed by atoms with Crippen molar-refractivity contribution in [2.75, 3.05) is 41.8 Å². The van der Waals surface area contributed by atoms with Gasteiger partial charge in [0.05, 0.1) is 6.54 Å². The summed E-state index contributed by atoms with van der Waals surface area (Å²) in [5, 5.41) is 6.56. The van der Waals surface area contributed by atoms with Gasteiger partial charge in [0.1, 0.15) is 0 Å². The van der Waals surface area contributed by atoms with Crippen LogP contribution in [0, 0.1) is 6.92 Å². The minimum atomic E-state index is -0.165. The van der Waals surface area contributed by atoms with Gasteiger partial charge in [-0.3, -0.25) is 9.59 Å². The number of halogens is 1. The summed E-state index contributed by atoms with van der Waals surface area (Å²) in [5.74, 6) is 1.85. The largest absolute Gasteiger partial charge is 0.376 e. The Morgan fingerprint density at radius 3 is 2.52 bits per heavy atom. The molecule has 0 saturated carbocycles. The van der Waals surface area contributed by atoms with Gasteiger partial charge >= 0.3 is 0 Å². The molecule has 7 heteroatoms. The fraction of sp³-hybridized carbons (Fsp3) is 0.300. The van der Waals surface area contributed by atoms with E-state index in [4.69, 9.17) is 11.6 Å². The molecular formula is C20H22ClN3O2S. The van der Waals surface area contributed by atoms with Gasteiger partial charge in [0, 0.05) is 46.6 Å². The predicted molar refractivity (Wildman–Crippen MR) is 113 cm³/mol. The van der Waals surface area contributed by atoms with E-state index in [-0.39, 0.29) is 18.4 Å². The van der Waals surface area contributed by atoms with Gasteiger partial charge in [0.25, 0.3) is 5.91 Å². The molecule has 5 nitrogen and oxygen atoms in total. The van der Waals surface area contributed by atoms with Crippen LogP contribution >= 0.6 is 23.4 Å². The maximum Gasteiger partial charge on any atom is 0.254 e. The quantitative estimate of drug-likeness (QED) is 0.795. The van der Waals surface area contributed by atoms with Crippen LogP contribution in [-0.4, -0.2) is 47.9 Å². The Labute approximate surface area is 168 Å². The van der Waals surface area contributed by atoms with Gasteiger partial charge in [-0.25, -0.2) is 0 Å². The minimum Gasteiger partial charge on any atom is -0.376 e. The lowest BCUT2D eigenvalue weighted by Gasteiger charge is -2.27. The summed E-state index contributed by atoms with van der Waals surface area (Å²) in [6.07, 6.45) is 0. The Morgan fingerprint density at radius 2 is 1.81 bits per heavy atom. The number of benzene rings is 2. The van der Waals surface area contributed by atoms with E-state index in [1.807, 2.05) is 41.8 Å². The maximum absolute atomic E-state index is 12.8. The van der Waals surface area contributed by atoms with Crippen molar-refractivity contribution >= 4 is 46.6 Å². The van der Waals surface area contributed by atoms with Gasteiger partial charge < -0.3 is 15.5 Å². The molecule has 2 aromatic carbocycles. The van der Waals surface area contributed by atoms with Crippen LogP contribution in [-0.2, 0) is 4.79 Å². The Balaban J connectivity index is 1.62. The molecule has 2 aromatic rings. The highest BCUT2D eigenvalue weighted by molar-refractivity contribution is 7.99. The summed E-state index contributed by atoms with van der Waals surface area (Å²) < 4.78 is 0. The molecule has 1 aliphatic heterocycles. The van der Waals surface area contributed by atoms with Crippen molar-refractivity contribution in [2.24, 2.45) is 0 Å². The van der Waals surface area contributed by atoms with E-state index < -0.39 is 0 Å². The van der Waals surface area contributed by atoms with Crippen molar-refractivity contribution in [1.29, 1.82) is 0 Å². The third-order valence-electron chi connectivity index (χ3n) is 4.43. The van der Waals surface area contributed by atoms with E-state index in [0.29, 0.717) is 16.3 Å². The normalized spacial score (nSPS) is 13.9. The summed E-state index contributed by atoms with van der Waals surface area (Å²) in [7, 11) is 0. The first-order chi connectivity index (χ1) is 13.0. The van der Waals surface area contributed by atoms with Crippen LogP contribution in [0.25, 0.3) is 0 Å². The number of anilines is 2. The second kappa shape index (κ2) is 9.15. The van der Waals surface area contributed by atoms with Gasteiger partial charge in [0.15, 0.2) is 0 Å². The highest BCUT2D eigenvalue weighted by atomic mass is 35.5. The van der Waals surface area contributed by atoms with Gasteiger partial charge in [0.2, 0.25) is 5.91 Å². The lowest BCUT2D eigenvalue weighted by Crippen LogP contribution is -2.38. The molecule has 0 aliphatic carbocycles. The van der Waals surface area contributed by atoms with Gasteiger partial charge in [-0.05, 0) is 48.9 Å². The number of thioether (sulfide) groups is 1. The van der Waals surface area contributed by atoms with Crippen LogP contribution < -0.4 is 10.6 Å². The molecular weight excluding hydrogens is 382 g/mol. The number of nitrogens with zero attached hydrogens (tertiary/aromatic N) is 1. The van der Waals surface area contributed by atoms with Crippen LogP contribution in [0.4, 0.5) is 11.4 Å². The molecule has 0 unspecified atom stereocenters. The lowest BCUT2D eigenvalue weighted by molar-refractivity contribution is -0.114. The third kappa shape index (κ3) is 5.17. The number of carbonyl (C=O) groups excluding carboxylic acids is 2. The molecule has 0 aromatic heterocycles. The van der Waals surface area contributed by atoms with Crippen LogP contribution in [0.2, 0.25) is 5.02 Å². The van der Waals surface area contributed by atoms with Crippen molar-refractivity contribution in [2.45, 2.75) is 6.92 Å². The Hall–Kier alpha value is -2.18. The smallest absolute Gasteiger partial charge is 0.254 e. The summed E-state index contributed by atoms with van der Waals surface area (Å²) >= 11 is 7.72. The highest BCUT2D eigenvalue weighted by Crippen LogP contribution is 2.22. The monoisotopic (exact) mass is 403 g/mol. The highest BCUT2D eigenvalue weighted by Gasteiger charge is 2.20. The summed E-state index contributed by atoms with van der Waals surface area (Å²) in [6.45, 7) is 3.58. The second-order valence-corrected chi connectivity index (χ2v) is 7.95. The van der Waals surface area contributed by atoms with Gasteiger partial charge in [-0.15, -0.1) is 0 Å². The average molecular weight is 404 g/mol. The van der Waals surface area contributed by atoms with E-state index >= 15 is 0 Å². The van der Waals surface area contributed by atoms with E-state index in [1.54, 1.807) is 24.3 Å². The van der Waals surface area contributed by atoms with Crippen molar-refractivity contribution < 1.29 is 9.59 Å². The molecule has 27 heavy (non-hydrogen) atoms. The standard InChI is InChI=1S/C20H22ClN3O2S/c1-14-17(20(26)24-9-11-27-12-10-24)3-2-4-18(14)22-13-19(25)23-16-7-5-15(21)6-8-16/h2-8,22H,9-13H2,1H3,(H,23,25). The molecule has 142 valence electrons. The van der Waals surface area contributed by atoms with E-state index in [0.717, 1.165) is 35.8 Å². The zero-order valence-electron chi connectivity index (χ0n) is 15.1. The molecule has 1 saturated heterocycles. The molecule has 0 bridgehead atoms. The first-order valence-electron chi connectivity index (χ1n) is 8.80. The fourth-order valence-corrected chi connectivity index (χ4v) is 3.94. The van der Waals surface area contributed by atoms with Crippen molar-refractivity contribution in [3.63, 3.8) is 0 Å². The van der Waals surface area contributed by atoms with Gasteiger partial charge in [-0.1, -0.05) is 17.7 Å². The summed E-state index contributed by atoms with van der Waals surface area (Å²) in [4.78, 5) is 26.8. The van der Waals surface area contributed by atoms with Crippen LogP contribution in [0.3, 0.4) is 0 Å². The summed E-state index contributed by atoms with van der Waals surface area (Å²) in [6, 6.07) is 12.5. The first kappa shape index (κ1) is 19.6. The molecule has 1 aliphatic rings. The third-order valence-corrected chi connectivity index (χ3v) is 5.62. The average Bonchev–Trinajstić information content (AvgIpc) is 2.69. The predicted octanol–water partition coefficient (Wildman–Crippen LogP) is 3.89. The summed E-state index contributed by atoms with van der Waals surface area (Å²) in [5.41, 5.74) is 3.03. The molecule has 0 radical (unpaired) electrons. The number of hydrogen-bond donors (Lipinski definition) is 2. The van der Waals surface area contributed by atoms with Crippen molar-refractivity contribution in [3.05, 3.63) is 58.6 Å². The molecule has 2 amide bonds. The first-order valence-corrected chi connectivity index (χ1v) is 10.3. The van der Waals surface area contributed by atoms with E-state index in [1.165, 1.54) is 0 Å². The number of rotatable bonds is 5. The molecule has 0 atom stereocenters.